The number of aromatic nitrogens is 2. The maximum absolute atomic E-state index is 13.0. The Morgan fingerprint density at radius 1 is 1.20 bits per heavy atom. The van der Waals surface area contributed by atoms with E-state index in [4.69, 9.17) is 0 Å². The van der Waals surface area contributed by atoms with E-state index in [9.17, 15) is 8.78 Å². The quantitative estimate of drug-likeness (QED) is 0.745. The molecule has 0 bridgehead atoms. The van der Waals surface area contributed by atoms with Gasteiger partial charge in [0.15, 0.2) is 11.6 Å². The Morgan fingerprint density at radius 3 is 2.53 bits per heavy atom. The summed E-state index contributed by atoms with van der Waals surface area (Å²) in [5.41, 5.74) is 0.410. The molecular formula is C10H7BrF2N2. The smallest absolute Gasteiger partial charge is 0.161 e. The van der Waals surface area contributed by atoms with Crippen LogP contribution >= 0.6 is 15.9 Å². The Morgan fingerprint density at radius 2 is 1.87 bits per heavy atom. The first-order valence-electron chi connectivity index (χ1n) is 4.43. The first-order valence-corrected chi connectivity index (χ1v) is 5.22. The number of benzene rings is 1. The van der Waals surface area contributed by atoms with Gasteiger partial charge >= 0.3 is 0 Å². The van der Waals surface area contributed by atoms with Gasteiger partial charge in [-0.15, -0.1) is 0 Å². The van der Waals surface area contributed by atoms with E-state index in [1.807, 2.05) is 6.92 Å². The normalized spacial score (nSPS) is 10.9. The highest BCUT2D eigenvalue weighted by atomic mass is 79.9. The van der Waals surface area contributed by atoms with Gasteiger partial charge < -0.3 is 0 Å². The van der Waals surface area contributed by atoms with Gasteiger partial charge in [-0.3, -0.25) is 0 Å². The zero-order valence-corrected chi connectivity index (χ0v) is 9.48. The zero-order valence-electron chi connectivity index (χ0n) is 7.89. The average molecular weight is 273 g/mol. The van der Waals surface area contributed by atoms with Crippen molar-refractivity contribution in [1.29, 1.82) is 0 Å². The lowest BCUT2D eigenvalue weighted by molar-refractivity contribution is 0.510. The summed E-state index contributed by atoms with van der Waals surface area (Å²) in [5, 5.41) is 0.478. The van der Waals surface area contributed by atoms with Crippen LogP contribution in [-0.2, 0) is 6.42 Å². The fourth-order valence-corrected chi connectivity index (χ4v) is 1.81. The largest absolute Gasteiger partial charge is 0.233 e. The number of nitrogens with zero attached hydrogens (tertiary/aromatic N) is 2. The second-order valence-corrected chi connectivity index (χ2v) is 3.82. The molecule has 0 aliphatic carbocycles. The standard InChI is InChI=1S/C10H7BrF2N2/c1-2-9-14-8-4-7(13)6(12)3-5(8)10(11)15-9/h3-4H,2H2,1H3. The van der Waals surface area contributed by atoms with Crippen LogP contribution in [0, 0.1) is 11.6 Å². The molecule has 0 aliphatic heterocycles. The highest BCUT2D eigenvalue weighted by molar-refractivity contribution is 9.10. The van der Waals surface area contributed by atoms with Crippen LogP contribution in [0.4, 0.5) is 8.78 Å². The van der Waals surface area contributed by atoms with Crippen LogP contribution in [0.5, 0.6) is 0 Å². The van der Waals surface area contributed by atoms with Crippen LogP contribution in [0.25, 0.3) is 10.9 Å². The van der Waals surface area contributed by atoms with Gasteiger partial charge in [0.25, 0.3) is 0 Å². The number of rotatable bonds is 1. The van der Waals surface area contributed by atoms with E-state index < -0.39 is 11.6 Å². The van der Waals surface area contributed by atoms with Crippen molar-refractivity contribution in [2.45, 2.75) is 13.3 Å². The summed E-state index contributed by atoms with van der Waals surface area (Å²) in [6.07, 6.45) is 0.646. The van der Waals surface area contributed by atoms with E-state index in [1.54, 1.807) is 0 Å². The van der Waals surface area contributed by atoms with Gasteiger partial charge in [-0.2, -0.15) is 0 Å². The molecule has 2 aromatic rings. The van der Waals surface area contributed by atoms with Crippen LogP contribution in [-0.4, -0.2) is 9.97 Å². The van der Waals surface area contributed by atoms with E-state index in [0.29, 0.717) is 27.8 Å². The third-order valence-electron chi connectivity index (χ3n) is 2.05. The Kier molecular flexibility index (Phi) is 2.65. The van der Waals surface area contributed by atoms with Crippen molar-refractivity contribution >= 4 is 26.8 Å². The van der Waals surface area contributed by atoms with Crippen LogP contribution in [0.15, 0.2) is 16.7 Å². The number of aryl methyl sites for hydroxylation is 1. The molecule has 1 heterocycles. The molecule has 78 valence electrons. The molecule has 1 aromatic heterocycles. The van der Waals surface area contributed by atoms with Crippen molar-refractivity contribution in [3.63, 3.8) is 0 Å². The molecule has 2 nitrogen and oxygen atoms in total. The first kappa shape index (κ1) is 10.4. The summed E-state index contributed by atoms with van der Waals surface area (Å²) in [4.78, 5) is 8.22. The van der Waals surface area contributed by atoms with Crippen LogP contribution < -0.4 is 0 Å². The molecule has 15 heavy (non-hydrogen) atoms. The number of hydrogen-bond acceptors (Lipinski definition) is 2. The van der Waals surface area contributed by atoms with Gasteiger partial charge in [-0.1, -0.05) is 6.92 Å². The molecule has 0 amide bonds. The highest BCUT2D eigenvalue weighted by Gasteiger charge is 2.09. The van der Waals surface area contributed by atoms with Crippen LogP contribution in [0.2, 0.25) is 0 Å². The fourth-order valence-electron chi connectivity index (χ4n) is 1.29. The average Bonchev–Trinajstić information content (AvgIpc) is 2.21. The summed E-state index contributed by atoms with van der Waals surface area (Å²) in [5.74, 6) is -1.19. The summed E-state index contributed by atoms with van der Waals surface area (Å²) in [6.45, 7) is 1.90. The summed E-state index contributed by atoms with van der Waals surface area (Å²) in [7, 11) is 0. The van der Waals surface area contributed by atoms with Crippen molar-refractivity contribution in [3.05, 3.63) is 34.2 Å². The van der Waals surface area contributed by atoms with E-state index >= 15 is 0 Å². The Hall–Kier alpha value is -1.10. The molecule has 0 atom stereocenters. The van der Waals surface area contributed by atoms with E-state index in [2.05, 4.69) is 25.9 Å². The molecule has 1 aromatic carbocycles. The lowest BCUT2D eigenvalue weighted by Crippen LogP contribution is -1.96. The Bertz CT molecular complexity index is 528. The molecule has 0 N–H and O–H groups in total. The van der Waals surface area contributed by atoms with Gasteiger partial charge in [0.1, 0.15) is 10.4 Å². The van der Waals surface area contributed by atoms with Gasteiger partial charge in [-0.05, 0) is 22.0 Å². The minimum Gasteiger partial charge on any atom is -0.233 e. The van der Waals surface area contributed by atoms with Gasteiger partial charge in [0.05, 0.1) is 5.52 Å². The molecule has 0 spiro atoms. The SMILES string of the molecule is CCc1nc(Br)c2cc(F)c(F)cc2n1. The molecule has 0 saturated carbocycles. The minimum atomic E-state index is -0.893. The predicted octanol–water partition coefficient (Wildman–Crippen LogP) is 3.23. The van der Waals surface area contributed by atoms with Crippen LogP contribution in [0.1, 0.15) is 12.7 Å². The van der Waals surface area contributed by atoms with Gasteiger partial charge in [0, 0.05) is 17.9 Å². The third kappa shape index (κ3) is 1.84. The van der Waals surface area contributed by atoms with Crippen molar-refractivity contribution in [1.82, 2.24) is 9.97 Å². The third-order valence-corrected chi connectivity index (χ3v) is 2.66. The molecule has 2 rings (SSSR count). The Balaban J connectivity index is 2.80. The summed E-state index contributed by atoms with van der Waals surface area (Å²) >= 11 is 3.21. The van der Waals surface area contributed by atoms with Crippen molar-refractivity contribution < 1.29 is 8.78 Å². The molecule has 0 aliphatic rings. The zero-order chi connectivity index (χ0) is 11.0. The number of halogens is 3. The molecule has 0 radical (unpaired) electrons. The lowest BCUT2D eigenvalue weighted by atomic mass is 10.2. The van der Waals surface area contributed by atoms with Crippen molar-refractivity contribution in [2.24, 2.45) is 0 Å². The second kappa shape index (κ2) is 3.81. The minimum absolute atomic E-state index is 0.410. The molecular weight excluding hydrogens is 266 g/mol. The van der Waals surface area contributed by atoms with Crippen molar-refractivity contribution in [3.8, 4) is 0 Å². The maximum atomic E-state index is 13.0. The van der Waals surface area contributed by atoms with Gasteiger partial charge in [0.2, 0.25) is 0 Å². The molecule has 0 saturated heterocycles. The fraction of sp³-hybridized carbons (Fsp3) is 0.200. The first-order chi connectivity index (χ1) is 7.11. The van der Waals surface area contributed by atoms with E-state index in [0.717, 1.165) is 12.1 Å². The van der Waals surface area contributed by atoms with E-state index in [1.165, 1.54) is 0 Å². The van der Waals surface area contributed by atoms with Gasteiger partial charge in [-0.25, -0.2) is 18.7 Å². The Labute approximate surface area is 93.5 Å². The molecule has 0 fully saturated rings. The number of fused-ring (bicyclic) bond motifs is 1. The predicted molar refractivity (Wildman–Crippen MR) is 56.5 cm³/mol. The monoisotopic (exact) mass is 272 g/mol. The van der Waals surface area contributed by atoms with Crippen LogP contribution in [0.3, 0.4) is 0 Å². The second-order valence-electron chi connectivity index (χ2n) is 3.07. The number of hydrogen-bond donors (Lipinski definition) is 0. The van der Waals surface area contributed by atoms with E-state index in [-0.39, 0.29) is 0 Å². The summed E-state index contributed by atoms with van der Waals surface area (Å²) in [6, 6.07) is 2.17. The highest BCUT2D eigenvalue weighted by Crippen LogP contribution is 2.23. The molecule has 5 heteroatoms. The maximum Gasteiger partial charge on any atom is 0.161 e. The molecule has 0 unspecified atom stereocenters. The summed E-state index contributed by atoms with van der Waals surface area (Å²) < 4.78 is 26.4. The topological polar surface area (TPSA) is 25.8 Å². The van der Waals surface area contributed by atoms with Crippen molar-refractivity contribution in [2.75, 3.05) is 0 Å². The lowest BCUT2D eigenvalue weighted by Gasteiger charge is -2.03.